The summed E-state index contributed by atoms with van der Waals surface area (Å²) in [6.07, 6.45) is 5.91. The number of fused-ring (bicyclic) bond motifs is 1. The molecule has 6 rings (SSSR count). The van der Waals surface area contributed by atoms with Crippen LogP contribution in [0.5, 0.6) is 11.5 Å². The van der Waals surface area contributed by atoms with E-state index < -0.39 is 0 Å². The molecule has 2 aliphatic rings. The van der Waals surface area contributed by atoms with E-state index in [1.807, 2.05) is 47.4 Å². The number of carbonyl (C=O) groups excluding carboxylic acids is 1. The molecule has 0 saturated carbocycles. The Morgan fingerprint density at radius 1 is 0.974 bits per heavy atom. The van der Waals surface area contributed by atoms with Gasteiger partial charge >= 0.3 is 6.03 Å². The lowest BCUT2D eigenvalue weighted by molar-refractivity contribution is 0.142. The molecule has 2 aromatic heterocycles. The van der Waals surface area contributed by atoms with Gasteiger partial charge < -0.3 is 15.0 Å². The van der Waals surface area contributed by atoms with Crippen LogP contribution in [0.3, 0.4) is 0 Å². The second-order valence-electron chi connectivity index (χ2n) is 9.81. The number of rotatable bonds is 6. The van der Waals surface area contributed by atoms with Crippen molar-refractivity contribution in [2.24, 2.45) is 11.8 Å². The number of pyridine rings is 1. The lowest BCUT2D eigenvalue weighted by Crippen LogP contribution is -2.39. The zero-order chi connectivity index (χ0) is 25.9. The smallest absolute Gasteiger partial charge is 0.321 e. The van der Waals surface area contributed by atoms with Gasteiger partial charge in [-0.1, -0.05) is 23.7 Å². The van der Waals surface area contributed by atoms with E-state index in [1.54, 1.807) is 24.7 Å². The predicted octanol–water partition coefficient (Wildman–Crippen LogP) is 5.09. The number of benzene rings is 2. The molecule has 0 bridgehead atoms. The number of anilines is 1. The zero-order valence-electron chi connectivity index (χ0n) is 20.8. The molecule has 0 radical (unpaired) electrons. The highest BCUT2D eigenvalue weighted by Crippen LogP contribution is 2.32. The second kappa shape index (κ2) is 10.8. The van der Waals surface area contributed by atoms with Gasteiger partial charge in [0.25, 0.3) is 0 Å². The zero-order valence-corrected chi connectivity index (χ0v) is 21.5. The molecule has 2 amide bonds. The Hall–Kier alpha value is -3.95. The SMILES string of the molecule is O=C(Nc1ccc(-n2nccn2)nc1)N1CC2CCN(Cc3cccc(Oc4ccc(Cl)cc4)c3)CC2C1. The quantitative estimate of drug-likeness (QED) is 0.374. The summed E-state index contributed by atoms with van der Waals surface area (Å²) in [5, 5.41) is 11.8. The molecule has 2 aromatic carbocycles. The van der Waals surface area contributed by atoms with Gasteiger partial charge in [0.2, 0.25) is 0 Å². The molecule has 2 atom stereocenters. The number of hydrogen-bond donors (Lipinski definition) is 1. The predicted molar refractivity (Wildman–Crippen MR) is 145 cm³/mol. The van der Waals surface area contributed by atoms with E-state index in [1.165, 1.54) is 10.4 Å². The Kier molecular flexibility index (Phi) is 6.94. The maximum Gasteiger partial charge on any atom is 0.321 e. The fourth-order valence-corrected chi connectivity index (χ4v) is 5.40. The molecule has 1 N–H and O–H groups in total. The van der Waals surface area contributed by atoms with Crippen LogP contribution in [-0.2, 0) is 6.54 Å². The van der Waals surface area contributed by atoms with Gasteiger partial charge in [0.05, 0.1) is 24.3 Å². The molecule has 9 nitrogen and oxygen atoms in total. The van der Waals surface area contributed by atoms with Crippen molar-refractivity contribution in [2.45, 2.75) is 13.0 Å². The summed E-state index contributed by atoms with van der Waals surface area (Å²) in [7, 11) is 0. The Morgan fingerprint density at radius 2 is 1.79 bits per heavy atom. The minimum atomic E-state index is -0.0789. The van der Waals surface area contributed by atoms with E-state index in [0.717, 1.165) is 50.6 Å². The van der Waals surface area contributed by atoms with E-state index in [4.69, 9.17) is 16.3 Å². The second-order valence-corrected chi connectivity index (χ2v) is 10.2. The molecule has 10 heteroatoms. The molecule has 2 fully saturated rings. The third-order valence-corrected chi connectivity index (χ3v) is 7.40. The minimum absolute atomic E-state index is 0.0789. The summed E-state index contributed by atoms with van der Waals surface area (Å²) in [5.74, 6) is 3.17. The molecule has 2 saturated heterocycles. The molecule has 38 heavy (non-hydrogen) atoms. The van der Waals surface area contributed by atoms with Crippen molar-refractivity contribution < 1.29 is 9.53 Å². The van der Waals surface area contributed by atoms with E-state index in [9.17, 15) is 4.79 Å². The van der Waals surface area contributed by atoms with Crippen molar-refractivity contribution in [1.82, 2.24) is 29.8 Å². The van der Waals surface area contributed by atoms with Gasteiger partial charge in [0, 0.05) is 31.2 Å². The van der Waals surface area contributed by atoms with Crippen LogP contribution in [0.15, 0.2) is 79.3 Å². The first kappa shape index (κ1) is 24.4. The van der Waals surface area contributed by atoms with Gasteiger partial charge in [-0.15, -0.1) is 4.80 Å². The van der Waals surface area contributed by atoms with Crippen molar-refractivity contribution in [3.63, 3.8) is 0 Å². The van der Waals surface area contributed by atoms with Crippen molar-refractivity contribution in [3.05, 3.63) is 89.8 Å². The fourth-order valence-electron chi connectivity index (χ4n) is 5.27. The summed E-state index contributed by atoms with van der Waals surface area (Å²) in [4.78, 5) is 23.2. The number of amides is 2. The molecule has 2 aliphatic heterocycles. The van der Waals surface area contributed by atoms with Gasteiger partial charge in [-0.25, -0.2) is 9.78 Å². The van der Waals surface area contributed by atoms with E-state index in [2.05, 4.69) is 37.5 Å². The molecule has 194 valence electrons. The molecular formula is C28H28ClN7O2. The van der Waals surface area contributed by atoms with Crippen LogP contribution in [0, 0.1) is 11.8 Å². The average molecular weight is 530 g/mol. The molecule has 0 aliphatic carbocycles. The lowest BCUT2D eigenvalue weighted by Gasteiger charge is -2.34. The number of hydrogen-bond acceptors (Lipinski definition) is 6. The largest absolute Gasteiger partial charge is 0.457 e. The van der Waals surface area contributed by atoms with Crippen LogP contribution in [0.1, 0.15) is 12.0 Å². The minimum Gasteiger partial charge on any atom is -0.457 e. The molecule has 4 heterocycles. The van der Waals surface area contributed by atoms with Crippen LogP contribution in [0.25, 0.3) is 5.82 Å². The maximum atomic E-state index is 13.0. The van der Waals surface area contributed by atoms with Crippen molar-refractivity contribution in [3.8, 4) is 17.3 Å². The van der Waals surface area contributed by atoms with E-state index in [-0.39, 0.29) is 6.03 Å². The first-order valence-electron chi connectivity index (χ1n) is 12.7. The maximum absolute atomic E-state index is 13.0. The number of aromatic nitrogens is 4. The number of nitrogens with one attached hydrogen (secondary N) is 1. The summed E-state index contributed by atoms with van der Waals surface area (Å²) >= 11 is 5.98. The average Bonchev–Trinajstić information content (AvgIpc) is 3.61. The highest BCUT2D eigenvalue weighted by molar-refractivity contribution is 6.30. The number of piperidine rings is 1. The topological polar surface area (TPSA) is 88.4 Å². The van der Waals surface area contributed by atoms with Gasteiger partial charge in [-0.05, 0) is 78.9 Å². The highest BCUT2D eigenvalue weighted by Gasteiger charge is 2.38. The number of nitrogens with zero attached hydrogens (tertiary/aromatic N) is 6. The molecule has 0 spiro atoms. The van der Waals surface area contributed by atoms with Gasteiger partial charge in [-0.2, -0.15) is 10.2 Å². The monoisotopic (exact) mass is 529 g/mol. The number of ether oxygens (including phenoxy) is 1. The normalized spacial score (nSPS) is 19.2. The third-order valence-electron chi connectivity index (χ3n) is 7.15. The van der Waals surface area contributed by atoms with Gasteiger partial charge in [0.1, 0.15) is 11.5 Å². The number of halogens is 1. The first-order chi connectivity index (χ1) is 18.6. The molecular weight excluding hydrogens is 502 g/mol. The lowest BCUT2D eigenvalue weighted by atomic mass is 9.88. The van der Waals surface area contributed by atoms with Crippen molar-refractivity contribution in [1.29, 1.82) is 0 Å². The molecule has 4 aromatic rings. The number of likely N-dealkylation sites (tertiary alicyclic amines) is 2. The Balaban J connectivity index is 1.02. The van der Waals surface area contributed by atoms with Crippen molar-refractivity contribution >= 4 is 23.3 Å². The Labute approximate surface area is 226 Å². The van der Waals surface area contributed by atoms with E-state index >= 15 is 0 Å². The third kappa shape index (κ3) is 5.64. The van der Waals surface area contributed by atoms with E-state index in [0.29, 0.717) is 28.4 Å². The van der Waals surface area contributed by atoms with Gasteiger partial charge in [0.15, 0.2) is 5.82 Å². The van der Waals surface area contributed by atoms with Crippen LogP contribution in [-0.4, -0.2) is 62.0 Å². The summed E-state index contributed by atoms with van der Waals surface area (Å²) < 4.78 is 6.01. The standard InChI is InChI=1S/C28H28ClN7O2/c29-23-4-7-25(8-5-23)38-26-3-1-2-20(14-26)16-34-13-10-21-18-35(19-22(21)17-34)28(37)33-24-6-9-27(30-15-24)36-31-11-12-32-36/h1-9,11-12,14-15,21-22H,10,13,16-19H2,(H,33,37). The summed E-state index contributed by atoms with van der Waals surface area (Å²) in [6, 6.07) is 19.1. The Bertz CT molecular complexity index is 1380. The highest BCUT2D eigenvalue weighted by atomic mass is 35.5. The summed E-state index contributed by atoms with van der Waals surface area (Å²) in [5.41, 5.74) is 1.87. The van der Waals surface area contributed by atoms with Crippen LogP contribution >= 0.6 is 11.6 Å². The van der Waals surface area contributed by atoms with Crippen LogP contribution in [0.4, 0.5) is 10.5 Å². The Morgan fingerprint density at radius 3 is 2.58 bits per heavy atom. The summed E-state index contributed by atoms with van der Waals surface area (Å²) in [6.45, 7) is 4.40. The molecule has 2 unspecified atom stereocenters. The number of carbonyl (C=O) groups is 1. The van der Waals surface area contributed by atoms with Crippen LogP contribution in [0.2, 0.25) is 5.02 Å². The number of urea groups is 1. The van der Waals surface area contributed by atoms with Crippen molar-refractivity contribution in [2.75, 3.05) is 31.5 Å². The van der Waals surface area contributed by atoms with Gasteiger partial charge in [-0.3, -0.25) is 4.90 Å². The first-order valence-corrected chi connectivity index (χ1v) is 13.1. The van der Waals surface area contributed by atoms with Crippen LogP contribution < -0.4 is 10.1 Å². The fraction of sp³-hybridized carbons (Fsp3) is 0.286.